The first kappa shape index (κ1) is 13.7. The van der Waals surface area contributed by atoms with Gasteiger partial charge in [0.2, 0.25) is 0 Å². The summed E-state index contributed by atoms with van der Waals surface area (Å²) in [6, 6.07) is 9.62. The van der Waals surface area contributed by atoms with Crippen molar-refractivity contribution in [1.29, 1.82) is 0 Å². The highest BCUT2D eigenvalue weighted by atomic mass is 32.1. The van der Waals surface area contributed by atoms with E-state index >= 15 is 0 Å². The lowest BCUT2D eigenvalue weighted by Gasteiger charge is -2.23. The van der Waals surface area contributed by atoms with Crippen LogP contribution < -0.4 is 10.1 Å². The molecule has 0 amide bonds. The highest BCUT2D eigenvalue weighted by molar-refractivity contribution is 7.07. The standard InChI is InChI=1S/C17H21NOS/c1-3-16(18-12(2)15-7-9-20-11-15)13-4-5-17-14(10-13)6-8-19-17/h4-5,7,9-12,16,18H,3,6,8H2,1-2H3. The molecule has 3 rings (SSSR count). The van der Waals surface area contributed by atoms with Crippen LogP contribution in [-0.2, 0) is 6.42 Å². The van der Waals surface area contributed by atoms with Crippen LogP contribution in [0.2, 0.25) is 0 Å². The van der Waals surface area contributed by atoms with Crippen LogP contribution in [0.15, 0.2) is 35.0 Å². The van der Waals surface area contributed by atoms with Crippen molar-refractivity contribution in [2.24, 2.45) is 0 Å². The number of hydrogen-bond acceptors (Lipinski definition) is 3. The molecule has 2 atom stereocenters. The number of ether oxygens (including phenoxy) is 1. The third-order valence-corrected chi connectivity index (χ3v) is 4.72. The van der Waals surface area contributed by atoms with E-state index in [0.29, 0.717) is 12.1 Å². The van der Waals surface area contributed by atoms with Gasteiger partial charge in [-0.3, -0.25) is 0 Å². The average Bonchev–Trinajstić information content (AvgIpc) is 3.14. The van der Waals surface area contributed by atoms with Gasteiger partial charge in [0.05, 0.1) is 6.61 Å². The minimum absolute atomic E-state index is 0.385. The van der Waals surface area contributed by atoms with Gasteiger partial charge in [0.1, 0.15) is 5.75 Å². The van der Waals surface area contributed by atoms with Gasteiger partial charge in [-0.25, -0.2) is 0 Å². The third-order valence-electron chi connectivity index (χ3n) is 4.02. The second kappa shape index (κ2) is 5.98. The molecule has 0 saturated carbocycles. The van der Waals surface area contributed by atoms with Gasteiger partial charge in [-0.05, 0) is 52.9 Å². The van der Waals surface area contributed by atoms with E-state index in [-0.39, 0.29) is 0 Å². The van der Waals surface area contributed by atoms with Gasteiger partial charge in [-0.15, -0.1) is 0 Å². The van der Waals surface area contributed by atoms with Crippen molar-refractivity contribution < 1.29 is 4.74 Å². The molecule has 2 unspecified atom stereocenters. The van der Waals surface area contributed by atoms with E-state index in [1.54, 1.807) is 11.3 Å². The monoisotopic (exact) mass is 287 g/mol. The molecule has 2 nitrogen and oxygen atoms in total. The van der Waals surface area contributed by atoms with Gasteiger partial charge in [-0.1, -0.05) is 19.1 Å². The van der Waals surface area contributed by atoms with Gasteiger partial charge in [0, 0.05) is 18.5 Å². The second-order valence-corrected chi connectivity index (χ2v) is 6.15. The van der Waals surface area contributed by atoms with Crippen molar-refractivity contribution in [3.63, 3.8) is 0 Å². The van der Waals surface area contributed by atoms with Crippen LogP contribution in [0.25, 0.3) is 0 Å². The third kappa shape index (κ3) is 2.74. The number of hydrogen-bond donors (Lipinski definition) is 1. The molecule has 0 fully saturated rings. The predicted molar refractivity (Wildman–Crippen MR) is 84.5 cm³/mol. The predicted octanol–water partition coefficient (Wildman–Crippen LogP) is 4.48. The van der Waals surface area contributed by atoms with E-state index in [9.17, 15) is 0 Å². The van der Waals surface area contributed by atoms with E-state index in [1.165, 1.54) is 16.7 Å². The van der Waals surface area contributed by atoms with Crippen LogP contribution >= 0.6 is 11.3 Å². The Labute approximate surface area is 124 Å². The zero-order valence-corrected chi connectivity index (χ0v) is 12.9. The van der Waals surface area contributed by atoms with Crippen LogP contribution in [0.4, 0.5) is 0 Å². The molecule has 0 spiro atoms. The number of fused-ring (bicyclic) bond motifs is 1. The Morgan fingerprint density at radius 3 is 2.95 bits per heavy atom. The first-order valence-corrected chi connectivity index (χ1v) is 8.26. The van der Waals surface area contributed by atoms with Crippen LogP contribution in [0, 0.1) is 0 Å². The number of nitrogens with one attached hydrogen (secondary N) is 1. The van der Waals surface area contributed by atoms with Crippen LogP contribution in [0.3, 0.4) is 0 Å². The maximum atomic E-state index is 5.59. The molecule has 1 aliphatic rings. The van der Waals surface area contributed by atoms with E-state index in [0.717, 1.165) is 25.2 Å². The van der Waals surface area contributed by atoms with Gasteiger partial charge >= 0.3 is 0 Å². The first-order valence-electron chi connectivity index (χ1n) is 7.31. The number of benzene rings is 1. The van der Waals surface area contributed by atoms with E-state index in [1.807, 2.05) is 0 Å². The summed E-state index contributed by atoms with van der Waals surface area (Å²) in [7, 11) is 0. The molecular formula is C17H21NOS. The molecule has 20 heavy (non-hydrogen) atoms. The summed E-state index contributed by atoms with van der Waals surface area (Å²) in [5.41, 5.74) is 4.10. The lowest BCUT2D eigenvalue weighted by molar-refractivity contribution is 0.356. The summed E-state index contributed by atoms with van der Waals surface area (Å²) in [5, 5.41) is 8.11. The molecule has 2 aromatic rings. The Balaban J connectivity index is 1.76. The van der Waals surface area contributed by atoms with E-state index < -0.39 is 0 Å². The molecule has 1 aromatic carbocycles. The fourth-order valence-corrected chi connectivity index (χ4v) is 3.55. The molecule has 1 aromatic heterocycles. The minimum Gasteiger partial charge on any atom is -0.493 e. The summed E-state index contributed by atoms with van der Waals surface area (Å²) in [5.74, 6) is 1.06. The fraction of sp³-hybridized carbons (Fsp3) is 0.412. The molecule has 106 valence electrons. The SMILES string of the molecule is CCC(NC(C)c1ccsc1)c1ccc2c(c1)CCO2. The quantitative estimate of drug-likeness (QED) is 0.875. The van der Waals surface area contributed by atoms with Gasteiger partial charge in [-0.2, -0.15) is 11.3 Å². The van der Waals surface area contributed by atoms with E-state index in [4.69, 9.17) is 4.74 Å². The Hall–Kier alpha value is -1.32. The normalized spacial score (nSPS) is 16.5. The van der Waals surface area contributed by atoms with Gasteiger partial charge in [0.15, 0.2) is 0 Å². The lowest BCUT2D eigenvalue weighted by Crippen LogP contribution is -2.24. The number of rotatable bonds is 5. The Morgan fingerprint density at radius 2 is 2.20 bits per heavy atom. The molecule has 0 radical (unpaired) electrons. The van der Waals surface area contributed by atoms with Crippen molar-refractivity contribution in [3.05, 3.63) is 51.7 Å². The highest BCUT2D eigenvalue weighted by Gasteiger charge is 2.18. The molecule has 0 bridgehead atoms. The lowest BCUT2D eigenvalue weighted by atomic mass is 9.99. The zero-order valence-electron chi connectivity index (χ0n) is 12.1. The van der Waals surface area contributed by atoms with Crippen molar-refractivity contribution in [2.75, 3.05) is 6.61 Å². The summed E-state index contributed by atoms with van der Waals surface area (Å²) >= 11 is 1.76. The minimum atomic E-state index is 0.385. The molecular weight excluding hydrogens is 266 g/mol. The fourth-order valence-electron chi connectivity index (χ4n) is 2.79. The van der Waals surface area contributed by atoms with Crippen molar-refractivity contribution >= 4 is 11.3 Å². The zero-order chi connectivity index (χ0) is 13.9. The van der Waals surface area contributed by atoms with Crippen LogP contribution in [0.5, 0.6) is 5.75 Å². The second-order valence-electron chi connectivity index (χ2n) is 5.37. The van der Waals surface area contributed by atoms with E-state index in [2.05, 4.69) is 54.2 Å². The van der Waals surface area contributed by atoms with Crippen molar-refractivity contribution in [2.45, 2.75) is 38.8 Å². The first-order chi connectivity index (χ1) is 9.78. The summed E-state index contributed by atoms with van der Waals surface area (Å²) in [4.78, 5) is 0. The molecule has 1 N–H and O–H groups in total. The Morgan fingerprint density at radius 1 is 1.30 bits per heavy atom. The van der Waals surface area contributed by atoms with Gasteiger partial charge in [0.25, 0.3) is 0 Å². The maximum absolute atomic E-state index is 5.59. The summed E-state index contributed by atoms with van der Waals surface area (Å²) < 4.78 is 5.59. The largest absolute Gasteiger partial charge is 0.493 e. The highest BCUT2D eigenvalue weighted by Crippen LogP contribution is 2.30. The Kier molecular flexibility index (Phi) is 4.08. The van der Waals surface area contributed by atoms with Crippen LogP contribution in [-0.4, -0.2) is 6.61 Å². The molecule has 0 saturated heterocycles. The Bertz CT molecular complexity index is 564. The number of thiophene rings is 1. The molecule has 1 aliphatic heterocycles. The van der Waals surface area contributed by atoms with Crippen molar-refractivity contribution in [1.82, 2.24) is 5.32 Å². The summed E-state index contributed by atoms with van der Waals surface area (Å²) in [6.45, 7) is 5.30. The molecule has 3 heteroatoms. The average molecular weight is 287 g/mol. The van der Waals surface area contributed by atoms with Crippen LogP contribution in [0.1, 0.15) is 49.0 Å². The topological polar surface area (TPSA) is 21.3 Å². The van der Waals surface area contributed by atoms with Gasteiger partial charge < -0.3 is 10.1 Å². The smallest absolute Gasteiger partial charge is 0.122 e. The maximum Gasteiger partial charge on any atom is 0.122 e. The summed E-state index contributed by atoms with van der Waals surface area (Å²) in [6.07, 6.45) is 2.13. The molecule has 2 heterocycles. The molecule has 0 aliphatic carbocycles. The van der Waals surface area contributed by atoms with Crippen molar-refractivity contribution in [3.8, 4) is 5.75 Å².